The Kier molecular flexibility index (Phi) is 6.85. The fourth-order valence-electron chi connectivity index (χ4n) is 2.75. The molecule has 3 N–H and O–H groups in total. The lowest BCUT2D eigenvalue weighted by molar-refractivity contribution is 0.0635. The van der Waals surface area contributed by atoms with Gasteiger partial charge in [-0.05, 0) is 75.9 Å². The van der Waals surface area contributed by atoms with E-state index in [4.69, 9.17) is 4.74 Å². The number of ether oxygens (including phenoxy) is 1. The highest BCUT2D eigenvalue weighted by Gasteiger charge is 2.25. The van der Waals surface area contributed by atoms with Crippen molar-refractivity contribution in [2.45, 2.75) is 44.1 Å². The van der Waals surface area contributed by atoms with Crippen LogP contribution in [0.1, 0.15) is 44.0 Å². The lowest BCUT2D eigenvalue weighted by Gasteiger charge is -2.20. The molecule has 2 aromatic carbocycles. The van der Waals surface area contributed by atoms with E-state index >= 15 is 0 Å². The summed E-state index contributed by atoms with van der Waals surface area (Å²) in [5, 5.41) is 4.88. The van der Waals surface area contributed by atoms with Crippen LogP contribution in [-0.2, 0) is 14.8 Å². The maximum atomic E-state index is 14.1. The van der Waals surface area contributed by atoms with Gasteiger partial charge in [0.1, 0.15) is 11.4 Å². The molecule has 0 radical (unpaired) electrons. The van der Waals surface area contributed by atoms with E-state index in [0.29, 0.717) is 12.5 Å². The smallest absolute Gasteiger partial charge is 0.412 e. The Morgan fingerprint density at radius 3 is 2.47 bits per heavy atom. The fraction of sp³-hybridized carbons (Fsp3) is 0.364. The first-order chi connectivity index (χ1) is 14.9. The van der Waals surface area contributed by atoms with Crippen LogP contribution < -0.4 is 15.4 Å². The number of carbonyl (C=O) groups is 2. The monoisotopic (exact) mass is 463 g/mol. The summed E-state index contributed by atoms with van der Waals surface area (Å²) in [6.45, 7) is 5.40. The Labute approximate surface area is 186 Å². The fourth-order valence-corrected chi connectivity index (χ4v) is 3.91. The molecule has 0 atom stereocenters. The molecule has 10 heteroatoms. The number of hydrogen-bond acceptors (Lipinski definition) is 5. The molecular formula is C22H26FN3O5S. The third kappa shape index (κ3) is 6.76. The molecule has 2 amide bonds. The van der Waals surface area contributed by atoms with Crippen LogP contribution in [0.5, 0.6) is 0 Å². The molecule has 0 bridgehead atoms. The summed E-state index contributed by atoms with van der Waals surface area (Å²) < 4.78 is 46.6. The van der Waals surface area contributed by atoms with Crippen molar-refractivity contribution in [1.29, 1.82) is 0 Å². The number of anilines is 2. The van der Waals surface area contributed by atoms with Crippen molar-refractivity contribution in [1.82, 2.24) is 4.72 Å². The van der Waals surface area contributed by atoms with E-state index in [9.17, 15) is 22.4 Å². The summed E-state index contributed by atoms with van der Waals surface area (Å²) in [5.74, 6) is -0.916. The number of hydrogen-bond donors (Lipinski definition) is 3. The molecule has 2 aromatic rings. The summed E-state index contributed by atoms with van der Waals surface area (Å²) in [6.07, 6.45) is 1.18. The van der Waals surface area contributed by atoms with Gasteiger partial charge in [-0.25, -0.2) is 22.3 Å². The van der Waals surface area contributed by atoms with Gasteiger partial charge in [0, 0.05) is 17.8 Å². The van der Waals surface area contributed by atoms with Crippen molar-refractivity contribution < 1.29 is 27.1 Å². The number of halogens is 1. The quantitative estimate of drug-likeness (QED) is 0.572. The van der Waals surface area contributed by atoms with Crippen LogP contribution in [0.15, 0.2) is 47.4 Å². The van der Waals surface area contributed by atoms with Crippen molar-refractivity contribution in [3.05, 3.63) is 53.8 Å². The Balaban J connectivity index is 1.71. The average Bonchev–Trinajstić information content (AvgIpc) is 3.52. The number of sulfonamides is 1. The first kappa shape index (κ1) is 23.7. The van der Waals surface area contributed by atoms with Crippen molar-refractivity contribution in [2.75, 3.05) is 17.2 Å². The predicted molar refractivity (Wildman–Crippen MR) is 119 cm³/mol. The van der Waals surface area contributed by atoms with Crippen molar-refractivity contribution in [3.8, 4) is 0 Å². The number of rotatable bonds is 7. The van der Waals surface area contributed by atoms with Gasteiger partial charge in [0.25, 0.3) is 5.91 Å². The number of nitrogens with one attached hydrogen (secondary N) is 3. The average molecular weight is 464 g/mol. The van der Waals surface area contributed by atoms with Crippen LogP contribution in [0.4, 0.5) is 20.6 Å². The van der Waals surface area contributed by atoms with Crippen LogP contribution >= 0.6 is 0 Å². The maximum Gasteiger partial charge on any atom is 0.412 e. The number of carbonyl (C=O) groups excluding carboxylic acids is 2. The SMILES string of the molecule is CC(C)(C)OC(=O)Nc1cc(NC(=O)c2cccc(S(=O)(=O)NCC3CC3)c2)ccc1F. The Bertz CT molecular complexity index is 1120. The maximum absolute atomic E-state index is 14.1. The molecule has 1 aliphatic carbocycles. The highest BCUT2D eigenvalue weighted by atomic mass is 32.2. The van der Waals surface area contributed by atoms with Gasteiger partial charge in [0.15, 0.2) is 0 Å². The summed E-state index contributed by atoms with van der Waals surface area (Å²) in [4.78, 5) is 24.5. The first-order valence-electron chi connectivity index (χ1n) is 10.1. The number of benzene rings is 2. The van der Waals surface area contributed by atoms with Gasteiger partial charge in [-0.15, -0.1) is 0 Å². The van der Waals surface area contributed by atoms with E-state index in [-0.39, 0.29) is 21.8 Å². The minimum Gasteiger partial charge on any atom is -0.444 e. The van der Waals surface area contributed by atoms with Gasteiger partial charge in [-0.2, -0.15) is 0 Å². The lowest BCUT2D eigenvalue weighted by Crippen LogP contribution is -2.27. The molecule has 8 nitrogen and oxygen atoms in total. The highest BCUT2D eigenvalue weighted by molar-refractivity contribution is 7.89. The molecule has 0 heterocycles. The molecule has 0 unspecified atom stereocenters. The Morgan fingerprint density at radius 1 is 1.09 bits per heavy atom. The normalized spacial score (nSPS) is 14.0. The minimum atomic E-state index is -3.73. The largest absolute Gasteiger partial charge is 0.444 e. The summed E-state index contributed by atoms with van der Waals surface area (Å²) in [7, 11) is -3.73. The standard InChI is InChI=1S/C22H26FN3O5S/c1-22(2,3)31-21(28)26-19-12-16(9-10-18(19)23)25-20(27)15-5-4-6-17(11-15)32(29,30)24-13-14-7-8-14/h4-6,9-12,14,24H,7-8,13H2,1-3H3,(H,25,27)(H,26,28). The van der Waals surface area contributed by atoms with E-state index in [1.54, 1.807) is 20.8 Å². The molecule has 0 aliphatic heterocycles. The minimum absolute atomic E-state index is 0.0165. The van der Waals surface area contributed by atoms with Crippen molar-refractivity contribution in [3.63, 3.8) is 0 Å². The first-order valence-corrected chi connectivity index (χ1v) is 11.6. The van der Waals surface area contributed by atoms with E-state index < -0.39 is 33.4 Å². The van der Waals surface area contributed by atoms with E-state index in [2.05, 4.69) is 15.4 Å². The second-order valence-corrected chi connectivity index (χ2v) is 10.4. The zero-order chi connectivity index (χ0) is 23.5. The molecule has 172 valence electrons. The molecule has 0 aromatic heterocycles. The van der Waals surface area contributed by atoms with Crippen LogP contribution in [0.3, 0.4) is 0 Å². The molecule has 3 rings (SSSR count). The van der Waals surface area contributed by atoms with Crippen molar-refractivity contribution >= 4 is 33.4 Å². The van der Waals surface area contributed by atoms with E-state index in [0.717, 1.165) is 18.9 Å². The molecule has 1 fully saturated rings. The van der Waals surface area contributed by atoms with Crippen LogP contribution in [0.2, 0.25) is 0 Å². The third-order valence-corrected chi connectivity index (χ3v) is 5.95. The Hall–Kier alpha value is -2.98. The third-order valence-electron chi connectivity index (χ3n) is 4.53. The molecule has 1 aliphatic rings. The molecular weight excluding hydrogens is 437 g/mol. The van der Waals surface area contributed by atoms with Gasteiger partial charge in [0.05, 0.1) is 10.6 Å². The zero-order valence-corrected chi connectivity index (χ0v) is 18.9. The molecule has 0 saturated heterocycles. The molecule has 0 spiro atoms. The van der Waals surface area contributed by atoms with E-state index in [1.165, 1.54) is 36.4 Å². The predicted octanol–water partition coefficient (Wildman–Crippen LogP) is 4.11. The highest BCUT2D eigenvalue weighted by Crippen LogP contribution is 2.28. The summed E-state index contributed by atoms with van der Waals surface area (Å²) >= 11 is 0. The van der Waals surface area contributed by atoms with Gasteiger partial charge in [-0.1, -0.05) is 6.07 Å². The van der Waals surface area contributed by atoms with Crippen LogP contribution in [-0.4, -0.2) is 32.6 Å². The molecule has 32 heavy (non-hydrogen) atoms. The van der Waals surface area contributed by atoms with Gasteiger partial charge in [0.2, 0.25) is 10.0 Å². The topological polar surface area (TPSA) is 114 Å². The van der Waals surface area contributed by atoms with Gasteiger partial charge in [-0.3, -0.25) is 10.1 Å². The molecule has 1 saturated carbocycles. The lowest BCUT2D eigenvalue weighted by atomic mass is 10.2. The van der Waals surface area contributed by atoms with E-state index in [1.807, 2.05) is 0 Å². The Morgan fingerprint density at radius 2 is 1.81 bits per heavy atom. The van der Waals surface area contributed by atoms with Crippen LogP contribution in [0.25, 0.3) is 0 Å². The summed E-state index contributed by atoms with van der Waals surface area (Å²) in [6, 6.07) is 9.28. The van der Waals surface area contributed by atoms with Crippen LogP contribution in [0, 0.1) is 11.7 Å². The van der Waals surface area contributed by atoms with Gasteiger partial charge >= 0.3 is 6.09 Å². The zero-order valence-electron chi connectivity index (χ0n) is 18.1. The number of amides is 2. The second kappa shape index (κ2) is 9.25. The summed E-state index contributed by atoms with van der Waals surface area (Å²) in [5.41, 5.74) is -0.601. The second-order valence-electron chi connectivity index (χ2n) is 8.60. The van der Waals surface area contributed by atoms with Gasteiger partial charge < -0.3 is 10.1 Å². The van der Waals surface area contributed by atoms with Crippen molar-refractivity contribution in [2.24, 2.45) is 5.92 Å².